The van der Waals surface area contributed by atoms with Gasteiger partial charge in [-0.1, -0.05) is 13.8 Å². The zero-order chi connectivity index (χ0) is 15.7. The van der Waals surface area contributed by atoms with Crippen LogP contribution in [0, 0.1) is 0 Å². The molecule has 22 heavy (non-hydrogen) atoms. The lowest BCUT2D eigenvalue weighted by Gasteiger charge is -2.16. The number of fused-ring (bicyclic) bond motifs is 1. The molecule has 0 bridgehead atoms. The van der Waals surface area contributed by atoms with Gasteiger partial charge in [0.15, 0.2) is 0 Å². The Morgan fingerprint density at radius 2 is 1.91 bits per heavy atom. The van der Waals surface area contributed by atoms with Gasteiger partial charge in [-0.05, 0) is 29.8 Å². The van der Waals surface area contributed by atoms with Crippen molar-refractivity contribution in [2.45, 2.75) is 26.3 Å². The molecule has 0 radical (unpaired) electrons. The number of benzene rings is 1. The molecule has 1 N–H and O–H groups in total. The highest BCUT2D eigenvalue weighted by molar-refractivity contribution is 5.79. The molecule has 0 saturated heterocycles. The molecule has 3 rings (SSSR count). The standard InChI is InChI=1S/C17H17N3O2/c1-11(2)16-19-15-9-13(21)3-4-14(15)17(22)20(16)10-12-5-7-18-8-6-12/h3-9,11,21H,10H2,1-2H3. The van der Waals surface area contributed by atoms with E-state index in [2.05, 4.69) is 9.97 Å². The van der Waals surface area contributed by atoms with E-state index in [1.54, 1.807) is 23.0 Å². The number of phenolic OH excluding ortho intramolecular Hbond substituents is 1. The SMILES string of the molecule is CC(C)c1nc2cc(O)ccc2c(=O)n1Cc1ccncc1. The Kier molecular flexibility index (Phi) is 3.63. The molecule has 0 spiro atoms. The number of hydrogen-bond acceptors (Lipinski definition) is 4. The molecule has 0 aliphatic rings. The van der Waals surface area contributed by atoms with E-state index in [1.165, 1.54) is 12.1 Å². The van der Waals surface area contributed by atoms with Crippen molar-refractivity contribution < 1.29 is 5.11 Å². The lowest BCUT2D eigenvalue weighted by molar-refractivity contribution is 0.476. The van der Waals surface area contributed by atoms with Gasteiger partial charge in [0.2, 0.25) is 0 Å². The molecule has 2 heterocycles. The predicted molar refractivity (Wildman–Crippen MR) is 85.1 cm³/mol. The summed E-state index contributed by atoms with van der Waals surface area (Å²) >= 11 is 0. The van der Waals surface area contributed by atoms with Gasteiger partial charge in [0, 0.05) is 24.4 Å². The first-order valence-corrected chi connectivity index (χ1v) is 7.18. The van der Waals surface area contributed by atoms with Crippen molar-refractivity contribution in [3.05, 3.63) is 64.5 Å². The predicted octanol–water partition coefficient (Wildman–Crippen LogP) is 2.67. The van der Waals surface area contributed by atoms with Gasteiger partial charge in [-0.2, -0.15) is 0 Å². The summed E-state index contributed by atoms with van der Waals surface area (Å²) < 4.78 is 1.69. The molecule has 0 fully saturated rings. The summed E-state index contributed by atoms with van der Waals surface area (Å²) in [5.41, 5.74) is 1.43. The Morgan fingerprint density at radius 1 is 1.18 bits per heavy atom. The molecule has 2 aromatic heterocycles. The Balaban J connectivity index is 2.23. The van der Waals surface area contributed by atoms with Gasteiger partial charge in [0.1, 0.15) is 11.6 Å². The van der Waals surface area contributed by atoms with Crippen molar-refractivity contribution in [3.8, 4) is 5.75 Å². The van der Waals surface area contributed by atoms with Crippen LogP contribution in [0.1, 0.15) is 31.2 Å². The number of aromatic nitrogens is 3. The maximum absolute atomic E-state index is 12.8. The normalized spacial score (nSPS) is 11.2. The van der Waals surface area contributed by atoms with Crippen molar-refractivity contribution in [1.29, 1.82) is 0 Å². The summed E-state index contributed by atoms with van der Waals surface area (Å²) in [6, 6.07) is 8.43. The zero-order valence-corrected chi connectivity index (χ0v) is 12.5. The molecule has 0 aliphatic heterocycles. The average Bonchev–Trinajstić information content (AvgIpc) is 2.50. The Morgan fingerprint density at radius 3 is 2.59 bits per heavy atom. The molecular formula is C17H17N3O2. The summed E-state index contributed by atoms with van der Waals surface area (Å²) in [7, 11) is 0. The first-order valence-electron chi connectivity index (χ1n) is 7.18. The average molecular weight is 295 g/mol. The maximum atomic E-state index is 12.8. The quantitative estimate of drug-likeness (QED) is 0.806. The first kappa shape index (κ1) is 14.3. The summed E-state index contributed by atoms with van der Waals surface area (Å²) in [5.74, 6) is 0.919. The van der Waals surface area contributed by atoms with Crippen LogP contribution in [0.4, 0.5) is 0 Å². The topological polar surface area (TPSA) is 68.0 Å². The van der Waals surface area contributed by atoms with E-state index in [1.807, 2.05) is 26.0 Å². The van der Waals surface area contributed by atoms with Gasteiger partial charge in [0.25, 0.3) is 5.56 Å². The largest absolute Gasteiger partial charge is 0.508 e. The minimum absolute atomic E-state index is 0.0921. The molecule has 5 heteroatoms. The number of phenols is 1. The number of nitrogens with zero attached hydrogens (tertiary/aromatic N) is 3. The number of rotatable bonds is 3. The van der Waals surface area contributed by atoms with Gasteiger partial charge in [-0.3, -0.25) is 14.3 Å². The van der Waals surface area contributed by atoms with Crippen LogP contribution in [0.3, 0.4) is 0 Å². The number of aromatic hydroxyl groups is 1. The molecule has 3 aromatic rings. The Hall–Kier alpha value is -2.69. The molecule has 1 aromatic carbocycles. The third-order valence-electron chi connectivity index (χ3n) is 3.57. The molecule has 0 unspecified atom stereocenters. The van der Waals surface area contributed by atoms with Crippen LogP contribution in [0.2, 0.25) is 0 Å². The molecule has 112 valence electrons. The fraction of sp³-hybridized carbons (Fsp3) is 0.235. The highest BCUT2D eigenvalue weighted by Gasteiger charge is 2.14. The van der Waals surface area contributed by atoms with E-state index >= 15 is 0 Å². The summed E-state index contributed by atoms with van der Waals surface area (Å²) in [4.78, 5) is 21.4. The number of pyridine rings is 1. The number of hydrogen-bond donors (Lipinski definition) is 1. The summed E-state index contributed by atoms with van der Waals surface area (Å²) in [5, 5.41) is 10.1. The van der Waals surface area contributed by atoms with Crippen LogP contribution >= 0.6 is 0 Å². The van der Waals surface area contributed by atoms with Crippen molar-refractivity contribution in [2.24, 2.45) is 0 Å². The van der Waals surface area contributed by atoms with Crippen LogP contribution in [0.5, 0.6) is 5.75 Å². The first-order chi connectivity index (χ1) is 10.6. The minimum Gasteiger partial charge on any atom is -0.508 e. The molecule has 0 amide bonds. The third kappa shape index (κ3) is 2.57. The second kappa shape index (κ2) is 5.60. The van der Waals surface area contributed by atoms with Crippen molar-refractivity contribution in [3.63, 3.8) is 0 Å². The van der Waals surface area contributed by atoms with E-state index in [9.17, 15) is 9.90 Å². The van der Waals surface area contributed by atoms with E-state index in [-0.39, 0.29) is 17.2 Å². The van der Waals surface area contributed by atoms with E-state index in [0.717, 1.165) is 5.56 Å². The van der Waals surface area contributed by atoms with Crippen molar-refractivity contribution >= 4 is 10.9 Å². The van der Waals surface area contributed by atoms with Crippen molar-refractivity contribution in [2.75, 3.05) is 0 Å². The fourth-order valence-corrected chi connectivity index (χ4v) is 2.49. The van der Waals surface area contributed by atoms with Crippen LogP contribution < -0.4 is 5.56 Å². The van der Waals surface area contributed by atoms with E-state index in [4.69, 9.17) is 0 Å². The van der Waals surface area contributed by atoms with Crippen LogP contribution in [0.25, 0.3) is 10.9 Å². The molecular weight excluding hydrogens is 278 g/mol. The second-order valence-corrected chi connectivity index (χ2v) is 5.57. The Labute approximate surface area is 127 Å². The second-order valence-electron chi connectivity index (χ2n) is 5.57. The van der Waals surface area contributed by atoms with E-state index < -0.39 is 0 Å². The lowest BCUT2D eigenvalue weighted by atomic mass is 10.1. The summed E-state index contributed by atoms with van der Waals surface area (Å²) in [6.07, 6.45) is 3.42. The van der Waals surface area contributed by atoms with Crippen LogP contribution in [-0.4, -0.2) is 19.6 Å². The summed E-state index contributed by atoms with van der Waals surface area (Å²) in [6.45, 7) is 4.46. The van der Waals surface area contributed by atoms with Gasteiger partial charge >= 0.3 is 0 Å². The minimum atomic E-state index is -0.0921. The molecule has 0 atom stereocenters. The Bertz CT molecular complexity index is 870. The molecule has 5 nitrogen and oxygen atoms in total. The highest BCUT2D eigenvalue weighted by atomic mass is 16.3. The zero-order valence-electron chi connectivity index (χ0n) is 12.5. The monoisotopic (exact) mass is 295 g/mol. The van der Waals surface area contributed by atoms with Crippen molar-refractivity contribution in [1.82, 2.24) is 14.5 Å². The lowest BCUT2D eigenvalue weighted by Crippen LogP contribution is -2.26. The van der Waals surface area contributed by atoms with Gasteiger partial charge < -0.3 is 5.11 Å². The van der Waals surface area contributed by atoms with Crippen LogP contribution in [0.15, 0.2) is 47.5 Å². The molecule has 0 saturated carbocycles. The smallest absolute Gasteiger partial charge is 0.261 e. The fourth-order valence-electron chi connectivity index (χ4n) is 2.49. The highest BCUT2D eigenvalue weighted by Crippen LogP contribution is 2.19. The van der Waals surface area contributed by atoms with Crippen LogP contribution in [-0.2, 0) is 6.54 Å². The van der Waals surface area contributed by atoms with E-state index in [0.29, 0.717) is 23.3 Å². The van der Waals surface area contributed by atoms with Gasteiger partial charge in [0.05, 0.1) is 17.4 Å². The third-order valence-corrected chi connectivity index (χ3v) is 3.57. The van der Waals surface area contributed by atoms with Gasteiger partial charge in [-0.25, -0.2) is 4.98 Å². The molecule has 0 aliphatic carbocycles. The van der Waals surface area contributed by atoms with Gasteiger partial charge in [-0.15, -0.1) is 0 Å². The maximum Gasteiger partial charge on any atom is 0.261 e.